The van der Waals surface area contributed by atoms with E-state index in [0.29, 0.717) is 24.6 Å². The van der Waals surface area contributed by atoms with E-state index in [0.717, 1.165) is 0 Å². The number of aromatic hydroxyl groups is 1. The number of phenolic OH excluding ortho intramolecular Hbond substituents is 1. The highest BCUT2D eigenvalue weighted by Gasteiger charge is 2.22. The average molecular weight is 373 g/mol. The van der Waals surface area contributed by atoms with Crippen LogP contribution in [-0.4, -0.2) is 49.2 Å². The van der Waals surface area contributed by atoms with E-state index in [-0.39, 0.29) is 28.5 Å². The fourth-order valence-electron chi connectivity index (χ4n) is 2.54. The molecule has 2 aromatic rings. The van der Waals surface area contributed by atoms with Crippen LogP contribution < -0.4 is 14.2 Å². The van der Waals surface area contributed by atoms with Crippen molar-refractivity contribution >= 4 is 11.9 Å². The van der Waals surface area contributed by atoms with Gasteiger partial charge >= 0.3 is 5.97 Å². The lowest BCUT2D eigenvalue weighted by atomic mass is 10.1. The summed E-state index contributed by atoms with van der Waals surface area (Å²) in [5.41, 5.74) is 0.195. The summed E-state index contributed by atoms with van der Waals surface area (Å²) in [4.78, 5) is 26.9. The van der Waals surface area contributed by atoms with Gasteiger partial charge in [0.05, 0.1) is 19.8 Å². The molecule has 7 nitrogen and oxygen atoms in total. The van der Waals surface area contributed by atoms with Crippen LogP contribution in [-0.2, 0) is 0 Å². The number of methoxy groups -OCH3 is 2. The standard InChI is InChI=1S/C20H23NO6/c1-5-21(6-2)19(23)16-10-8-14(26-4)12-18(16)27-20(24)15-9-7-13(25-3)11-17(15)22/h7-12,22H,5-6H2,1-4H3. The molecule has 2 rings (SSSR count). The molecule has 0 unspecified atom stereocenters. The van der Waals surface area contributed by atoms with Gasteiger partial charge in [-0.1, -0.05) is 0 Å². The zero-order valence-corrected chi connectivity index (χ0v) is 15.8. The van der Waals surface area contributed by atoms with Crippen molar-refractivity contribution in [2.75, 3.05) is 27.3 Å². The molecule has 7 heteroatoms. The van der Waals surface area contributed by atoms with Gasteiger partial charge in [0.2, 0.25) is 0 Å². The molecule has 0 aliphatic carbocycles. The second-order valence-corrected chi connectivity index (χ2v) is 5.61. The second kappa shape index (κ2) is 8.93. The van der Waals surface area contributed by atoms with E-state index in [1.54, 1.807) is 17.0 Å². The third-order valence-electron chi connectivity index (χ3n) is 4.10. The Morgan fingerprint density at radius 2 is 1.48 bits per heavy atom. The van der Waals surface area contributed by atoms with Crippen molar-refractivity contribution in [1.29, 1.82) is 0 Å². The van der Waals surface area contributed by atoms with Crippen LogP contribution in [0.2, 0.25) is 0 Å². The van der Waals surface area contributed by atoms with E-state index in [4.69, 9.17) is 14.2 Å². The average Bonchev–Trinajstić information content (AvgIpc) is 2.68. The van der Waals surface area contributed by atoms with Crippen molar-refractivity contribution < 1.29 is 28.9 Å². The zero-order chi connectivity index (χ0) is 20.0. The maximum atomic E-state index is 12.7. The van der Waals surface area contributed by atoms with Gasteiger partial charge in [-0.3, -0.25) is 4.79 Å². The Kier molecular flexibility index (Phi) is 6.65. The maximum Gasteiger partial charge on any atom is 0.347 e. The van der Waals surface area contributed by atoms with Gasteiger partial charge in [0.1, 0.15) is 28.6 Å². The molecule has 0 aromatic heterocycles. The Morgan fingerprint density at radius 3 is 2.00 bits per heavy atom. The number of hydrogen-bond donors (Lipinski definition) is 1. The molecule has 2 aromatic carbocycles. The van der Waals surface area contributed by atoms with Gasteiger partial charge in [-0.2, -0.15) is 0 Å². The number of amides is 1. The van der Waals surface area contributed by atoms with Crippen LogP contribution in [0.3, 0.4) is 0 Å². The van der Waals surface area contributed by atoms with E-state index in [9.17, 15) is 14.7 Å². The highest BCUT2D eigenvalue weighted by atomic mass is 16.5. The molecule has 27 heavy (non-hydrogen) atoms. The predicted octanol–water partition coefficient (Wildman–Crippen LogP) is 3.11. The number of rotatable bonds is 7. The first-order valence-electron chi connectivity index (χ1n) is 8.51. The monoisotopic (exact) mass is 373 g/mol. The molecule has 0 radical (unpaired) electrons. The molecule has 0 fully saturated rings. The van der Waals surface area contributed by atoms with E-state index >= 15 is 0 Å². The predicted molar refractivity (Wildman–Crippen MR) is 99.9 cm³/mol. The highest BCUT2D eigenvalue weighted by Crippen LogP contribution is 2.29. The number of nitrogens with zero attached hydrogens (tertiary/aromatic N) is 1. The van der Waals surface area contributed by atoms with Gasteiger partial charge in [0, 0.05) is 25.2 Å². The molecular formula is C20H23NO6. The van der Waals surface area contributed by atoms with Crippen molar-refractivity contribution in [3.63, 3.8) is 0 Å². The fourth-order valence-corrected chi connectivity index (χ4v) is 2.54. The summed E-state index contributed by atoms with van der Waals surface area (Å²) in [7, 11) is 2.93. The highest BCUT2D eigenvalue weighted by molar-refractivity contribution is 6.00. The van der Waals surface area contributed by atoms with Crippen LogP contribution in [0.4, 0.5) is 0 Å². The summed E-state index contributed by atoms with van der Waals surface area (Å²) in [6.07, 6.45) is 0. The van der Waals surface area contributed by atoms with Crippen molar-refractivity contribution in [3.05, 3.63) is 47.5 Å². The second-order valence-electron chi connectivity index (χ2n) is 5.61. The van der Waals surface area contributed by atoms with Gasteiger partial charge < -0.3 is 24.2 Å². The number of benzene rings is 2. The first kappa shape index (κ1) is 20.1. The van der Waals surface area contributed by atoms with E-state index < -0.39 is 5.97 Å². The molecular weight excluding hydrogens is 350 g/mol. The van der Waals surface area contributed by atoms with Gasteiger partial charge in [-0.05, 0) is 38.1 Å². The minimum atomic E-state index is -0.794. The number of hydrogen-bond acceptors (Lipinski definition) is 6. The van der Waals surface area contributed by atoms with Crippen LogP contribution in [0.15, 0.2) is 36.4 Å². The Balaban J connectivity index is 2.38. The fraction of sp³-hybridized carbons (Fsp3) is 0.300. The summed E-state index contributed by atoms with van der Waals surface area (Å²) in [5.74, 6) is -0.428. The number of carbonyl (C=O) groups is 2. The third kappa shape index (κ3) is 4.49. The van der Waals surface area contributed by atoms with Gasteiger partial charge in [-0.15, -0.1) is 0 Å². The van der Waals surface area contributed by atoms with Crippen molar-refractivity contribution in [2.24, 2.45) is 0 Å². The number of ether oxygens (including phenoxy) is 3. The Hall–Kier alpha value is -3.22. The number of esters is 1. The summed E-state index contributed by atoms with van der Waals surface area (Å²) in [5, 5.41) is 10.0. The van der Waals surface area contributed by atoms with Crippen LogP contribution >= 0.6 is 0 Å². The minimum Gasteiger partial charge on any atom is -0.507 e. The van der Waals surface area contributed by atoms with Gasteiger partial charge in [0.25, 0.3) is 5.91 Å². The molecule has 1 amide bonds. The summed E-state index contributed by atoms with van der Waals surface area (Å²) in [6.45, 7) is 4.78. The van der Waals surface area contributed by atoms with Crippen LogP contribution in [0.5, 0.6) is 23.0 Å². The summed E-state index contributed by atoms with van der Waals surface area (Å²) >= 11 is 0. The molecule has 1 N–H and O–H groups in total. The lowest BCUT2D eigenvalue weighted by Crippen LogP contribution is -2.31. The Bertz CT molecular complexity index is 829. The SMILES string of the molecule is CCN(CC)C(=O)c1ccc(OC)cc1OC(=O)c1ccc(OC)cc1O. The quantitative estimate of drug-likeness (QED) is 0.593. The molecule has 0 aliphatic rings. The molecule has 0 aliphatic heterocycles. The van der Waals surface area contributed by atoms with Crippen LogP contribution in [0.25, 0.3) is 0 Å². The smallest absolute Gasteiger partial charge is 0.347 e. The lowest BCUT2D eigenvalue weighted by molar-refractivity contribution is 0.0718. The molecule has 144 valence electrons. The minimum absolute atomic E-state index is 0.0418. The zero-order valence-electron chi connectivity index (χ0n) is 15.8. The van der Waals surface area contributed by atoms with Gasteiger partial charge in [0.15, 0.2) is 0 Å². The summed E-state index contributed by atoms with van der Waals surface area (Å²) in [6, 6.07) is 8.88. The number of phenols is 1. The third-order valence-corrected chi connectivity index (χ3v) is 4.10. The Labute approximate surface area is 158 Å². The Morgan fingerprint density at radius 1 is 0.926 bits per heavy atom. The molecule has 0 saturated heterocycles. The molecule has 0 spiro atoms. The molecule has 0 heterocycles. The molecule has 0 bridgehead atoms. The maximum absolute atomic E-state index is 12.7. The summed E-state index contributed by atoms with van der Waals surface area (Å²) < 4.78 is 15.6. The topological polar surface area (TPSA) is 85.3 Å². The number of carbonyl (C=O) groups excluding carboxylic acids is 2. The van der Waals surface area contributed by atoms with Crippen molar-refractivity contribution in [1.82, 2.24) is 4.90 Å². The van der Waals surface area contributed by atoms with Crippen molar-refractivity contribution in [2.45, 2.75) is 13.8 Å². The molecule has 0 atom stereocenters. The van der Waals surface area contributed by atoms with Crippen LogP contribution in [0, 0.1) is 0 Å². The van der Waals surface area contributed by atoms with Crippen molar-refractivity contribution in [3.8, 4) is 23.0 Å². The van der Waals surface area contributed by atoms with E-state index in [2.05, 4.69) is 0 Å². The van der Waals surface area contributed by atoms with Gasteiger partial charge in [-0.25, -0.2) is 4.79 Å². The normalized spacial score (nSPS) is 10.2. The van der Waals surface area contributed by atoms with E-state index in [1.807, 2.05) is 13.8 Å². The largest absolute Gasteiger partial charge is 0.507 e. The first-order chi connectivity index (χ1) is 12.9. The first-order valence-corrected chi connectivity index (χ1v) is 8.51. The van der Waals surface area contributed by atoms with Crippen LogP contribution in [0.1, 0.15) is 34.6 Å². The van der Waals surface area contributed by atoms with E-state index in [1.165, 1.54) is 38.5 Å². The molecule has 0 saturated carbocycles. The lowest BCUT2D eigenvalue weighted by Gasteiger charge is -2.20.